The smallest absolute Gasteiger partial charge is 0.217 e. The van der Waals surface area contributed by atoms with Gasteiger partial charge in [0.2, 0.25) is 11.8 Å². The molecule has 2 fully saturated rings. The number of amides is 2. The Labute approximate surface area is 236 Å². The van der Waals surface area contributed by atoms with Gasteiger partial charge in [-0.05, 0) is 27.7 Å². The first kappa shape index (κ1) is 44.1. The lowest BCUT2D eigenvalue weighted by Crippen LogP contribution is -2.63. The number of terminal acetylenes is 2. The summed E-state index contributed by atoms with van der Waals surface area (Å²) >= 11 is 0. The summed E-state index contributed by atoms with van der Waals surface area (Å²) < 4.78 is 10.4. The molecule has 40 heavy (non-hydrogen) atoms. The standard InChI is InChI=1S/C9H17NO5.C9H15NO5.C2H6O.C2H4O.2C2H2/c2*1-4-7(10-5(2)12)9(14)8(13)6(3-11)15-4;2*1-2-3;2*1-2/h4,6-9,11,13-14H,3H2,1-2H3,(H,10,12);3-4,6-9,13-14H,1-2H3,(H,10,12);3H,2H2,1H3;2H,1H3;2*1-2H/t2*4?,6-,7+,8+,9-;;;;/m11..../s1. The zero-order chi connectivity index (χ0) is 32.6. The van der Waals surface area contributed by atoms with E-state index >= 15 is 0 Å². The van der Waals surface area contributed by atoms with Crippen molar-refractivity contribution in [2.24, 2.45) is 0 Å². The van der Waals surface area contributed by atoms with Gasteiger partial charge in [-0.3, -0.25) is 9.59 Å². The van der Waals surface area contributed by atoms with Crippen LogP contribution in [0.25, 0.3) is 0 Å². The number of carbonyl (C=O) groups is 4. The van der Waals surface area contributed by atoms with E-state index in [1.807, 2.05) is 0 Å². The molecule has 0 bridgehead atoms. The summed E-state index contributed by atoms with van der Waals surface area (Å²) in [7, 11) is 0. The van der Waals surface area contributed by atoms with E-state index in [1.165, 1.54) is 20.8 Å². The minimum atomic E-state index is -1.31. The lowest BCUT2D eigenvalue weighted by atomic mass is 9.93. The first-order valence-corrected chi connectivity index (χ1v) is 12.1. The van der Waals surface area contributed by atoms with Crippen LogP contribution in [0.3, 0.4) is 0 Å². The number of hydrogen-bond donors (Lipinski definition) is 8. The maximum absolute atomic E-state index is 10.9. The fourth-order valence-electron chi connectivity index (χ4n) is 3.39. The summed E-state index contributed by atoms with van der Waals surface area (Å²) in [4.78, 5) is 41.0. The summed E-state index contributed by atoms with van der Waals surface area (Å²) in [6, 6.07) is -1.35. The van der Waals surface area contributed by atoms with E-state index in [2.05, 4.69) is 36.3 Å². The highest BCUT2D eigenvalue weighted by molar-refractivity contribution is 5.73. The van der Waals surface area contributed by atoms with Crippen LogP contribution in [0.4, 0.5) is 0 Å². The molecule has 0 aromatic carbocycles. The van der Waals surface area contributed by atoms with Gasteiger partial charge in [-0.2, -0.15) is 0 Å². The molecule has 2 aliphatic rings. The number of aliphatic hydroxyl groups is 6. The van der Waals surface area contributed by atoms with Crippen LogP contribution in [0.5, 0.6) is 0 Å². The van der Waals surface area contributed by atoms with Gasteiger partial charge in [-0.15, -0.1) is 25.7 Å². The van der Waals surface area contributed by atoms with Crippen molar-refractivity contribution in [3.05, 3.63) is 0 Å². The van der Waals surface area contributed by atoms with Crippen LogP contribution >= 0.6 is 0 Å². The minimum absolute atomic E-state index is 0.250. The Morgan fingerprint density at radius 3 is 1.40 bits per heavy atom. The zero-order valence-electron chi connectivity index (χ0n) is 23.8. The molecule has 8 N–H and O–H groups in total. The Balaban J connectivity index is -0.000000245. The van der Waals surface area contributed by atoms with E-state index in [1.54, 1.807) is 20.8 Å². The fourth-order valence-corrected chi connectivity index (χ4v) is 3.39. The predicted octanol–water partition coefficient (Wildman–Crippen LogP) is -3.11. The molecule has 2 rings (SSSR count). The molecule has 0 aromatic rings. The van der Waals surface area contributed by atoms with Crippen molar-refractivity contribution in [2.75, 3.05) is 13.2 Å². The Hall–Kier alpha value is -2.92. The van der Waals surface area contributed by atoms with Gasteiger partial charge in [0, 0.05) is 20.5 Å². The third-order valence-corrected chi connectivity index (χ3v) is 4.98. The van der Waals surface area contributed by atoms with E-state index in [-0.39, 0.29) is 25.0 Å². The molecule has 0 aromatic heterocycles. The Morgan fingerprint density at radius 1 is 0.775 bits per heavy atom. The van der Waals surface area contributed by atoms with Crippen molar-refractivity contribution < 1.29 is 59.3 Å². The number of nitrogens with one attached hydrogen (secondary N) is 2. The molecule has 232 valence electrons. The van der Waals surface area contributed by atoms with E-state index in [0.29, 0.717) is 6.29 Å². The zero-order valence-corrected chi connectivity index (χ0v) is 23.8. The van der Waals surface area contributed by atoms with Crippen molar-refractivity contribution in [1.29, 1.82) is 0 Å². The monoisotopic (exact) mass is 578 g/mol. The normalized spacial score (nSPS) is 31.7. The second-order valence-corrected chi connectivity index (χ2v) is 7.97. The van der Waals surface area contributed by atoms with Crippen molar-refractivity contribution in [3.63, 3.8) is 0 Å². The van der Waals surface area contributed by atoms with Gasteiger partial charge in [-0.1, -0.05) is 0 Å². The quantitative estimate of drug-likeness (QED) is 0.122. The average Bonchev–Trinajstić information content (AvgIpc) is 2.92. The number of rotatable bonds is 4. The van der Waals surface area contributed by atoms with Gasteiger partial charge >= 0.3 is 0 Å². The van der Waals surface area contributed by atoms with Crippen molar-refractivity contribution >= 4 is 24.4 Å². The number of carbonyl (C=O) groups excluding carboxylic acids is 4. The van der Waals surface area contributed by atoms with Crippen LogP contribution in [-0.4, -0.2) is 129 Å². The topological polar surface area (TPSA) is 232 Å². The molecule has 0 radical (unpaired) electrons. The predicted molar refractivity (Wildman–Crippen MR) is 145 cm³/mol. The van der Waals surface area contributed by atoms with Crippen molar-refractivity contribution in [1.82, 2.24) is 10.6 Å². The molecule has 0 aliphatic carbocycles. The number of aldehydes is 2. The average molecular weight is 579 g/mol. The van der Waals surface area contributed by atoms with Gasteiger partial charge in [-0.25, -0.2) is 0 Å². The largest absolute Gasteiger partial charge is 0.397 e. The molecule has 14 nitrogen and oxygen atoms in total. The number of hydrogen-bond acceptors (Lipinski definition) is 12. The molecule has 2 saturated heterocycles. The highest BCUT2D eigenvalue weighted by Gasteiger charge is 2.43. The van der Waals surface area contributed by atoms with Gasteiger partial charge in [0.05, 0.1) is 30.9 Å². The minimum Gasteiger partial charge on any atom is -0.397 e. The lowest BCUT2D eigenvalue weighted by Gasteiger charge is -2.41. The summed E-state index contributed by atoms with van der Waals surface area (Å²) in [5.74, 6) is -0.629. The van der Waals surface area contributed by atoms with Gasteiger partial charge in [0.15, 0.2) is 6.29 Å². The van der Waals surface area contributed by atoms with Crippen LogP contribution in [0, 0.1) is 25.7 Å². The molecule has 2 amide bonds. The first-order valence-electron chi connectivity index (χ1n) is 12.1. The summed E-state index contributed by atoms with van der Waals surface area (Å²) in [5, 5.41) is 59.8. The second kappa shape index (κ2) is 26.3. The maximum Gasteiger partial charge on any atom is 0.217 e. The third kappa shape index (κ3) is 16.9. The SMILES string of the molecule is C#C.C#C.CC(=O)N[C@H]1C(C)O[C@H](C=O)[C@H](O)[C@@H]1O.CC(=O)N[C@H]1C(C)O[C@H](CO)[C@H](O)[C@@H]1O.CC=O.CCO. The van der Waals surface area contributed by atoms with Crippen LogP contribution in [0.1, 0.15) is 41.5 Å². The third-order valence-electron chi connectivity index (χ3n) is 4.98. The number of aliphatic hydroxyl groups excluding tert-OH is 6. The Morgan fingerprint density at radius 2 is 1.10 bits per heavy atom. The van der Waals surface area contributed by atoms with Crippen LogP contribution in [0.2, 0.25) is 0 Å². The van der Waals surface area contributed by atoms with E-state index in [9.17, 15) is 34.8 Å². The highest BCUT2D eigenvalue weighted by Crippen LogP contribution is 2.21. The van der Waals surface area contributed by atoms with Crippen LogP contribution in [0.15, 0.2) is 0 Å². The molecule has 14 heteroatoms. The van der Waals surface area contributed by atoms with E-state index in [4.69, 9.17) is 24.5 Å². The van der Waals surface area contributed by atoms with Gasteiger partial charge in [0.1, 0.15) is 42.9 Å². The van der Waals surface area contributed by atoms with Gasteiger partial charge in [0.25, 0.3) is 0 Å². The van der Waals surface area contributed by atoms with Gasteiger partial charge < -0.3 is 60.3 Å². The summed E-state index contributed by atoms with van der Waals surface area (Å²) in [6.45, 7) is 8.92. The number of ether oxygens (including phenoxy) is 2. The van der Waals surface area contributed by atoms with E-state index in [0.717, 1.165) is 6.29 Å². The molecular formula is C26H46N2O12. The molecule has 10 atom stereocenters. The second-order valence-electron chi connectivity index (χ2n) is 7.97. The van der Waals surface area contributed by atoms with Crippen molar-refractivity contribution in [2.45, 2.75) is 102 Å². The molecule has 2 heterocycles. The highest BCUT2D eigenvalue weighted by atomic mass is 16.5. The summed E-state index contributed by atoms with van der Waals surface area (Å²) in [5.41, 5.74) is 0. The maximum atomic E-state index is 10.9. The molecular weight excluding hydrogens is 532 g/mol. The lowest BCUT2D eigenvalue weighted by molar-refractivity contribution is -0.190. The summed E-state index contributed by atoms with van der Waals surface area (Å²) in [6.07, 6.45) is 9.53. The Bertz CT molecular complexity index is 727. The van der Waals surface area contributed by atoms with Crippen molar-refractivity contribution in [3.8, 4) is 25.7 Å². The van der Waals surface area contributed by atoms with Crippen LogP contribution in [-0.2, 0) is 28.7 Å². The molecule has 0 spiro atoms. The molecule has 2 unspecified atom stereocenters. The fraction of sp³-hybridized carbons (Fsp3) is 0.692. The first-order chi connectivity index (χ1) is 18.8. The molecule has 2 aliphatic heterocycles. The van der Waals surface area contributed by atoms with E-state index < -0.39 is 60.9 Å². The van der Waals surface area contributed by atoms with Crippen LogP contribution < -0.4 is 10.6 Å². The molecule has 0 saturated carbocycles. The Kier molecular flexibility index (Phi) is 29.0.